The summed E-state index contributed by atoms with van der Waals surface area (Å²) in [6.07, 6.45) is 6.72. The summed E-state index contributed by atoms with van der Waals surface area (Å²) < 4.78 is 0. The van der Waals surface area contributed by atoms with Crippen LogP contribution in [-0.2, 0) is 9.59 Å². The number of amidine groups is 1. The zero-order chi connectivity index (χ0) is 21.8. The maximum atomic E-state index is 13.4. The molecule has 2 aliphatic heterocycles. The standard InChI is InChI=1S/C24H17N3O4/c1-24(13-19(28)26-18-11-4-5-12-27(18)24)23(31)25-17-10-6-9-16-20(17)22(30)15-8-3-2-7-14(15)21(16)29/h2-12H,13H2,1H3,(H,25,31). The number of amides is 2. The molecule has 2 aromatic carbocycles. The van der Waals surface area contributed by atoms with Crippen molar-refractivity contribution in [2.24, 2.45) is 4.99 Å². The Bertz CT molecular complexity index is 1290. The van der Waals surface area contributed by atoms with Crippen LogP contribution in [0.1, 0.15) is 45.2 Å². The third-order valence-electron chi connectivity index (χ3n) is 5.79. The molecule has 2 amide bonds. The van der Waals surface area contributed by atoms with Gasteiger partial charge in [0.1, 0.15) is 11.4 Å². The van der Waals surface area contributed by atoms with Crippen LogP contribution in [-0.4, -0.2) is 39.7 Å². The van der Waals surface area contributed by atoms with Crippen LogP contribution in [0.3, 0.4) is 0 Å². The van der Waals surface area contributed by atoms with Gasteiger partial charge in [-0.1, -0.05) is 42.5 Å². The van der Waals surface area contributed by atoms with Gasteiger partial charge in [-0.3, -0.25) is 19.2 Å². The second-order valence-electron chi connectivity index (χ2n) is 7.77. The average Bonchev–Trinajstić information content (AvgIpc) is 2.77. The van der Waals surface area contributed by atoms with Crippen molar-refractivity contribution in [3.05, 3.63) is 89.1 Å². The van der Waals surface area contributed by atoms with E-state index in [1.54, 1.807) is 78.7 Å². The molecular weight excluding hydrogens is 394 g/mol. The number of nitrogens with one attached hydrogen (secondary N) is 1. The molecule has 1 atom stereocenters. The number of hydrogen-bond acceptors (Lipinski definition) is 5. The molecule has 0 aromatic heterocycles. The van der Waals surface area contributed by atoms with E-state index < -0.39 is 17.4 Å². The van der Waals surface area contributed by atoms with E-state index in [1.807, 2.05) is 0 Å². The molecule has 1 aliphatic carbocycles. The van der Waals surface area contributed by atoms with Crippen molar-refractivity contribution in [2.45, 2.75) is 18.9 Å². The molecule has 2 aromatic rings. The molecule has 0 bridgehead atoms. The Morgan fingerprint density at radius 3 is 2.45 bits per heavy atom. The van der Waals surface area contributed by atoms with Crippen molar-refractivity contribution in [3.8, 4) is 0 Å². The van der Waals surface area contributed by atoms with Crippen LogP contribution in [0.15, 0.2) is 71.9 Å². The van der Waals surface area contributed by atoms with Crippen LogP contribution in [0, 0.1) is 0 Å². The van der Waals surface area contributed by atoms with Gasteiger partial charge in [-0.2, -0.15) is 4.99 Å². The number of benzene rings is 2. The molecule has 0 fully saturated rings. The molecule has 5 rings (SSSR count). The molecular formula is C24H17N3O4. The highest BCUT2D eigenvalue weighted by molar-refractivity contribution is 6.30. The van der Waals surface area contributed by atoms with E-state index in [2.05, 4.69) is 10.3 Å². The Kier molecular flexibility index (Phi) is 4.08. The Hall–Kier alpha value is -4.13. The van der Waals surface area contributed by atoms with E-state index in [0.29, 0.717) is 17.0 Å². The Balaban J connectivity index is 1.54. The SMILES string of the molecule is CC1(C(=O)Nc2cccc3c2C(=O)c2ccccc2C3=O)CC(=O)N=C2C=CC=CN21. The van der Waals surface area contributed by atoms with Gasteiger partial charge in [0.15, 0.2) is 11.6 Å². The minimum absolute atomic E-state index is 0.120. The first kappa shape index (κ1) is 18.9. The zero-order valence-electron chi connectivity index (χ0n) is 16.6. The smallest absolute Gasteiger partial charge is 0.250 e. The van der Waals surface area contributed by atoms with E-state index in [9.17, 15) is 19.2 Å². The van der Waals surface area contributed by atoms with Crippen molar-refractivity contribution in [2.75, 3.05) is 5.32 Å². The minimum atomic E-state index is -1.24. The van der Waals surface area contributed by atoms with Gasteiger partial charge in [0.25, 0.3) is 11.8 Å². The molecule has 0 saturated carbocycles. The second-order valence-corrected chi connectivity index (χ2v) is 7.77. The first-order valence-corrected chi connectivity index (χ1v) is 9.79. The van der Waals surface area contributed by atoms with Gasteiger partial charge >= 0.3 is 0 Å². The predicted octanol–water partition coefficient (Wildman–Crippen LogP) is 2.87. The van der Waals surface area contributed by atoms with Gasteiger partial charge in [-0.25, -0.2) is 0 Å². The third-order valence-corrected chi connectivity index (χ3v) is 5.79. The number of rotatable bonds is 2. The van der Waals surface area contributed by atoms with Gasteiger partial charge in [-0.15, -0.1) is 0 Å². The molecule has 3 aliphatic rings. The second kappa shape index (κ2) is 6.70. The molecule has 31 heavy (non-hydrogen) atoms. The topological polar surface area (TPSA) is 95.9 Å². The summed E-state index contributed by atoms with van der Waals surface area (Å²) in [4.78, 5) is 57.4. The summed E-state index contributed by atoms with van der Waals surface area (Å²) in [5, 5.41) is 2.80. The fraction of sp³-hybridized carbons (Fsp3) is 0.125. The minimum Gasteiger partial charge on any atom is -0.323 e. The lowest BCUT2D eigenvalue weighted by Crippen LogP contribution is -2.58. The lowest BCUT2D eigenvalue weighted by molar-refractivity contribution is -0.130. The normalized spacial score (nSPS) is 21.3. The highest BCUT2D eigenvalue weighted by Gasteiger charge is 2.45. The summed E-state index contributed by atoms with van der Waals surface area (Å²) in [5.74, 6) is -1.08. The number of anilines is 1. The average molecular weight is 411 g/mol. The maximum absolute atomic E-state index is 13.4. The fourth-order valence-electron chi connectivity index (χ4n) is 4.19. The number of nitrogens with zero attached hydrogens (tertiary/aromatic N) is 2. The lowest BCUT2D eigenvalue weighted by atomic mass is 9.83. The number of carbonyl (C=O) groups is 4. The third kappa shape index (κ3) is 2.78. The molecule has 1 unspecified atom stereocenters. The van der Waals surface area contributed by atoms with Crippen molar-refractivity contribution >= 4 is 34.9 Å². The summed E-state index contributed by atoms with van der Waals surface area (Å²) >= 11 is 0. The largest absolute Gasteiger partial charge is 0.323 e. The van der Waals surface area contributed by atoms with Crippen molar-refractivity contribution < 1.29 is 19.2 Å². The predicted molar refractivity (Wildman–Crippen MR) is 114 cm³/mol. The van der Waals surface area contributed by atoms with Gasteiger partial charge in [0.2, 0.25) is 0 Å². The highest BCUT2D eigenvalue weighted by atomic mass is 16.2. The van der Waals surface area contributed by atoms with E-state index in [4.69, 9.17) is 0 Å². The zero-order valence-corrected chi connectivity index (χ0v) is 16.6. The van der Waals surface area contributed by atoms with E-state index in [1.165, 1.54) is 0 Å². The van der Waals surface area contributed by atoms with Crippen molar-refractivity contribution in [1.29, 1.82) is 0 Å². The molecule has 2 heterocycles. The Labute approximate surface area is 177 Å². The van der Waals surface area contributed by atoms with Crippen LogP contribution < -0.4 is 5.32 Å². The van der Waals surface area contributed by atoms with Crippen molar-refractivity contribution in [1.82, 2.24) is 4.90 Å². The highest BCUT2D eigenvalue weighted by Crippen LogP contribution is 2.34. The number of allylic oxidation sites excluding steroid dienone is 2. The van der Waals surface area contributed by atoms with Crippen LogP contribution in [0.2, 0.25) is 0 Å². The first-order valence-electron chi connectivity index (χ1n) is 9.79. The van der Waals surface area contributed by atoms with E-state index >= 15 is 0 Å². The molecule has 0 spiro atoms. The molecule has 0 radical (unpaired) electrons. The van der Waals surface area contributed by atoms with Gasteiger partial charge in [0, 0.05) is 22.9 Å². The van der Waals surface area contributed by atoms with Crippen LogP contribution in [0.25, 0.3) is 0 Å². The number of ketones is 2. The fourth-order valence-corrected chi connectivity index (χ4v) is 4.19. The number of hydrogen-bond donors (Lipinski definition) is 1. The van der Waals surface area contributed by atoms with Crippen LogP contribution in [0.5, 0.6) is 0 Å². The lowest BCUT2D eigenvalue weighted by Gasteiger charge is -2.41. The Morgan fingerprint density at radius 1 is 0.968 bits per heavy atom. The number of carbonyl (C=O) groups excluding carboxylic acids is 4. The molecule has 7 heteroatoms. The summed E-state index contributed by atoms with van der Waals surface area (Å²) in [5.41, 5.74) is 0.0589. The van der Waals surface area contributed by atoms with Gasteiger partial charge in [0.05, 0.1) is 17.7 Å². The summed E-state index contributed by atoms with van der Waals surface area (Å²) in [6.45, 7) is 1.65. The van der Waals surface area contributed by atoms with Crippen LogP contribution >= 0.6 is 0 Å². The monoisotopic (exact) mass is 411 g/mol. The maximum Gasteiger partial charge on any atom is 0.250 e. The Morgan fingerprint density at radius 2 is 1.68 bits per heavy atom. The van der Waals surface area contributed by atoms with E-state index in [0.717, 1.165) is 0 Å². The summed E-state index contributed by atoms with van der Waals surface area (Å²) in [6, 6.07) is 11.4. The molecule has 152 valence electrons. The quantitative estimate of drug-likeness (QED) is 0.700. The first-order chi connectivity index (χ1) is 14.9. The summed E-state index contributed by atoms with van der Waals surface area (Å²) in [7, 11) is 0. The van der Waals surface area contributed by atoms with Crippen LogP contribution in [0.4, 0.5) is 5.69 Å². The van der Waals surface area contributed by atoms with Gasteiger partial charge < -0.3 is 10.2 Å². The molecule has 7 nitrogen and oxygen atoms in total. The van der Waals surface area contributed by atoms with Crippen molar-refractivity contribution in [3.63, 3.8) is 0 Å². The number of aliphatic imine (C=N–C) groups is 1. The van der Waals surface area contributed by atoms with E-state index in [-0.39, 0.29) is 34.8 Å². The number of fused-ring (bicyclic) bond motifs is 3. The molecule has 1 N–H and O–H groups in total. The van der Waals surface area contributed by atoms with Gasteiger partial charge in [-0.05, 0) is 25.1 Å². The molecule has 0 saturated heterocycles.